The Bertz CT molecular complexity index is 95.0. The smallest absolute Gasteiger partial charge is 0.0227 e. The first-order valence-electron chi connectivity index (χ1n) is 4.67. The van der Waals surface area contributed by atoms with Crippen molar-refractivity contribution >= 4 is 15.9 Å². The first kappa shape index (κ1) is 11.5. The zero-order valence-electron chi connectivity index (χ0n) is 8.28. The Hall–Kier alpha value is 0.480. The van der Waals surface area contributed by atoms with Gasteiger partial charge in [-0.2, -0.15) is 0 Å². The molecule has 0 amide bonds. The van der Waals surface area contributed by atoms with Gasteiger partial charge in [-0.15, -0.1) is 0 Å². The van der Waals surface area contributed by atoms with E-state index in [-0.39, 0.29) is 0 Å². The third-order valence-electron chi connectivity index (χ3n) is 2.22. The molecule has 0 fully saturated rings. The van der Waals surface area contributed by atoms with E-state index in [1.807, 2.05) is 0 Å². The minimum Gasteiger partial charge on any atom is -0.0856 e. The summed E-state index contributed by atoms with van der Waals surface area (Å²) in [7, 11) is 0. The molecule has 0 aliphatic heterocycles. The Balaban J connectivity index is 3.38. The van der Waals surface area contributed by atoms with Gasteiger partial charge in [0.1, 0.15) is 0 Å². The molecular formula is C10H21Br. The van der Waals surface area contributed by atoms with Crippen molar-refractivity contribution < 1.29 is 0 Å². The summed E-state index contributed by atoms with van der Waals surface area (Å²) in [6.45, 7) is 9.10. The average molecular weight is 221 g/mol. The molecule has 11 heavy (non-hydrogen) atoms. The van der Waals surface area contributed by atoms with Gasteiger partial charge in [-0.3, -0.25) is 0 Å². The van der Waals surface area contributed by atoms with Crippen molar-refractivity contribution in [2.45, 2.75) is 57.7 Å². The van der Waals surface area contributed by atoms with Gasteiger partial charge in [0.05, 0.1) is 0 Å². The van der Waals surface area contributed by atoms with Crippen LogP contribution in [0.2, 0.25) is 0 Å². The van der Waals surface area contributed by atoms with Crippen LogP contribution in [0.15, 0.2) is 0 Å². The lowest BCUT2D eigenvalue weighted by atomic mass is 9.98. The molecule has 1 unspecified atom stereocenters. The second-order valence-corrected chi connectivity index (χ2v) is 5.97. The highest BCUT2D eigenvalue weighted by Gasteiger charge is 2.16. The van der Waals surface area contributed by atoms with Crippen molar-refractivity contribution in [3.05, 3.63) is 0 Å². The maximum absolute atomic E-state index is 3.73. The summed E-state index contributed by atoms with van der Waals surface area (Å²) in [4.78, 5) is 0. The predicted octanol–water partition coefficient (Wildman–Crippen LogP) is 4.38. The summed E-state index contributed by atoms with van der Waals surface area (Å²) in [5, 5.41) is 0. The fraction of sp³-hybridized carbons (Fsp3) is 1.00. The van der Waals surface area contributed by atoms with E-state index in [9.17, 15) is 0 Å². The molecular weight excluding hydrogens is 200 g/mol. The SMILES string of the molecule is CCC(C)(Br)CCCC(C)C. The standard InChI is InChI=1S/C10H21Br/c1-5-10(4,11)8-6-7-9(2)3/h9H,5-8H2,1-4H3. The highest BCUT2D eigenvalue weighted by atomic mass is 79.9. The lowest BCUT2D eigenvalue weighted by Crippen LogP contribution is -2.13. The molecule has 0 radical (unpaired) electrons. The van der Waals surface area contributed by atoms with Crippen LogP contribution in [-0.2, 0) is 0 Å². The predicted molar refractivity (Wildman–Crippen MR) is 56.3 cm³/mol. The maximum atomic E-state index is 3.73. The zero-order chi connectivity index (χ0) is 8.91. The number of alkyl halides is 1. The van der Waals surface area contributed by atoms with Gasteiger partial charge < -0.3 is 0 Å². The van der Waals surface area contributed by atoms with Crippen molar-refractivity contribution in [1.29, 1.82) is 0 Å². The van der Waals surface area contributed by atoms with E-state index >= 15 is 0 Å². The summed E-state index contributed by atoms with van der Waals surface area (Å²) in [5.41, 5.74) is 0. The van der Waals surface area contributed by atoms with E-state index in [1.165, 1.54) is 25.7 Å². The van der Waals surface area contributed by atoms with Gasteiger partial charge in [-0.05, 0) is 25.7 Å². The van der Waals surface area contributed by atoms with E-state index in [2.05, 4.69) is 43.6 Å². The van der Waals surface area contributed by atoms with Gasteiger partial charge in [0.25, 0.3) is 0 Å². The molecule has 0 N–H and O–H groups in total. The van der Waals surface area contributed by atoms with E-state index < -0.39 is 0 Å². The van der Waals surface area contributed by atoms with Crippen LogP contribution < -0.4 is 0 Å². The van der Waals surface area contributed by atoms with Gasteiger partial charge in [0, 0.05) is 4.32 Å². The quantitative estimate of drug-likeness (QED) is 0.604. The van der Waals surface area contributed by atoms with Crippen LogP contribution in [0.1, 0.15) is 53.4 Å². The van der Waals surface area contributed by atoms with Crippen molar-refractivity contribution in [2.75, 3.05) is 0 Å². The topological polar surface area (TPSA) is 0 Å². The molecule has 0 saturated heterocycles. The molecule has 0 aliphatic rings. The van der Waals surface area contributed by atoms with Gasteiger partial charge in [-0.1, -0.05) is 49.5 Å². The minimum absolute atomic E-state index is 0.391. The monoisotopic (exact) mass is 220 g/mol. The Morgan fingerprint density at radius 3 is 2.27 bits per heavy atom. The molecule has 0 aromatic carbocycles. The molecule has 68 valence electrons. The highest BCUT2D eigenvalue weighted by molar-refractivity contribution is 9.10. The molecule has 1 atom stereocenters. The van der Waals surface area contributed by atoms with E-state index in [0.29, 0.717) is 4.32 Å². The molecule has 0 rings (SSSR count). The molecule has 0 nitrogen and oxygen atoms in total. The van der Waals surface area contributed by atoms with Crippen LogP contribution in [0.5, 0.6) is 0 Å². The Morgan fingerprint density at radius 1 is 1.36 bits per heavy atom. The number of halogens is 1. The fourth-order valence-electron chi connectivity index (χ4n) is 1.06. The Labute approximate surface area is 79.9 Å². The van der Waals surface area contributed by atoms with E-state index in [0.717, 1.165) is 5.92 Å². The lowest BCUT2D eigenvalue weighted by molar-refractivity contribution is 0.484. The van der Waals surface area contributed by atoms with E-state index in [1.54, 1.807) is 0 Å². The van der Waals surface area contributed by atoms with Gasteiger partial charge in [0.15, 0.2) is 0 Å². The number of hydrogen-bond acceptors (Lipinski definition) is 0. The molecule has 0 bridgehead atoms. The van der Waals surface area contributed by atoms with Crippen molar-refractivity contribution in [1.82, 2.24) is 0 Å². The van der Waals surface area contributed by atoms with Crippen LogP contribution in [0.3, 0.4) is 0 Å². The van der Waals surface area contributed by atoms with Crippen LogP contribution in [0, 0.1) is 5.92 Å². The molecule has 1 heteroatoms. The Morgan fingerprint density at radius 2 is 1.91 bits per heavy atom. The van der Waals surface area contributed by atoms with Crippen LogP contribution >= 0.6 is 15.9 Å². The lowest BCUT2D eigenvalue weighted by Gasteiger charge is -2.20. The van der Waals surface area contributed by atoms with Crippen molar-refractivity contribution in [2.24, 2.45) is 5.92 Å². The summed E-state index contributed by atoms with van der Waals surface area (Å²) >= 11 is 3.73. The largest absolute Gasteiger partial charge is 0.0856 e. The summed E-state index contributed by atoms with van der Waals surface area (Å²) < 4.78 is 0.391. The third-order valence-corrected chi connectivity index (χ3v) is 3.17. The molecule has 0 aromatic rings. The second-order valence-electron chi connectivity index (χ2n) is 4.05. The average Bonchev–Trinajstić information content (AvgIpc) is 1.87. The van der Waals surface area contributed by atoms with Gasteiger partial charge >= 0.3 is 0 Å². The molecule has 0 heterocycles. The third kappa shape index (κ3) is 6.86. The number of hydrogen-bond donors (Lipinski definition) is 0. The van der Waals surface area contributed by atoms with Gasteiger partial charge in [0.2, 0.25) is 0 Å². The highest BCUT2D eigenvalue weighted by Crippen LogP contribution is 2.28. The molecule has 0 spiro atoms. The summed E-state index contributed by atoms with van der Waals surface area (Å²) in [6.07, 6.45) is 5.25. The van der Waals surface area contributed by atoms with Crippen LogP contribution in [0.25, 0.3) is 0 Å². The maximum Gasteiger partial charge on any atom is 0.0227 e. The first-order chi connectivity index (χ1) is 4.98. The second kappa shape index (κ2) is 5.18. The van der Waals surface area contributed by atoms with E-state index in [4.69, 9.17) is 0 Å². The summed E-state index contributed by atoms with van der Waals surface area (Å²) in [6, 6.07) is 0. The van der Waals surface area contributed by atoms with Crippen molar-refractivity contribution in [3.63, 3.8) is 0 Å². The van der Waals surface area contributed by atoms with Crippen LogP contribution in [0.4, 0.5) is 0 Å². The summed E-state index contributed by atoms with van der Waals surface area (Å²) in [5.74, 6) is 0.857. The first-order valence-corrected chi connectivity index (χ1v) is 5.46. The fourth-order valence-corrected chi connectivity index (χ4v) is 1.34. The molecule has 0 aromatic heterocycles. The molecule has 0 saturated carbocycles. The van der Waals surface area contributed by atoms with Gasteiger partial charge in [-0.25, -0.2) is 0 Å². The minimum atomic E-state index is 0.391. The molecule has 0 aliphatic carbocycles. The van der Waals surface area contributed by atoms with Crippen LogP contribution in [-0.4, -0.2) is 4.32 Å². The van der Waals surface area contributed by atoms with Crippen molar-refractivity contribution in [3.8, 4) is 0 Å². The Kier molecular flexibility index (Phi) is 5.41. The zero-order valence-corrected chi connectivity index (χ0v) is 9.87. The number of rotatable bonds is 5. The normalized spacial score (nSPS) is 16.9.